The Kier molecular flexibility index (Phi) is 3.88. The highest BCUT2D eigenvalue weighted by Gasteiger charge is 2.12. The number of rotatable bonds is 5. The Hall–Kier alpha value is -2.57. The molecule has 1 heterocycles. The van der Waals surface area contributed by atoms with Crippen LogP contribution >= 0.6 is 0 Å². The van der Waals surface area contributed by atoms with Gasteiger partial charge in [-0.2, -0.15) is 0 Å². The molecule has 0 atom stereocenters. The summed E-state index contributed by atoms with van der Waals surface area (Å²) >= 11 is 0. The zero-order valence-corrected chi connectivity index (χ0v) is 11.0. The average molecular weight is 277 g/mol. The summed E-state index contributed by atoms with van der Waals surface area (Å²) in [7, 11) is 0. The number of carboxylic acids is 1. The van der Waals surface area contributed by atoms with Gasteiger partial charge in [0.05, 0.1) is 16.6 Å². The summed E-state index contributed by atoms with van der Waals surface area (Å²) in [6, 6.07) is 4.29. The average Bonchev–Trinajstić information content (AvgIpc) is 2.72. The van der Waals surface area contributed by atoms with Crippen molar-refractivity contribution in [3.63, 3.8) is 0 Å². The number of H-pyrrole nitrogens is 1. The lowest BCUT2D eigenvalue weighted by molar-refractivity contribution is -0.121. The fraction of sp³-hybridized carbons (Fsp3) is 0.308. The molecule has 0 fully saturated rings. The molecule has 0 aliphatic carbocycles. The first-order chi connectivity index (χ1) is 9.52. The number of nitrogens with zero attached hydrogens (tertiary/aromatic N) is 1. The molecule has 0 saturated heterocycles. The van der Waals surface area contributed by atoms with Gasteiger partial charge in [-0.05, 0) is 24.6 Å². The third kappa shape index (κ3) is 2.71. The summed E-state index contributed by atoms with van der Waals surface area (Å²) in [5, 5.41) is 11.6. The van der Waals surface area contributed by atoms with Crippen LogP contribution in [0.5, 0.6) is 0 Å². The molecular weight excluding hydrogens is 262 g/mol. The van der Waals surface area contributed by atoms with Gasteiger partial charge in [0, 0.05) is 6.54 Å². The number of carboxylic acid groups (broad SMARTS) is 1. The van der Waals surface area contributed by atoms with Crippen LogP contribution in [-0.2, 0) is 11.3 Å². The zero-order chi connectivity index (χ0) is 14.7. The van der Waals surface area contributed by atoms with E-state index < -0.39 is 11.7 Å². The van der Waals surface area contributed by atoms with Crippen LogP contribution in [0.15, 0.2) is 23.0 Å². The van der Waals surface area contributed by atoms with Crippen molar-refractivity contribution >= 4 is 22.9 Å². The molecule has 0 saturated carbocycles. The van der Waals surface area contributed by atoms with Crippen molar-refractivity contribution < 1.29 is 14.7 Å². The molecule has 3 N–H and O–H groups in total. The summed E-state index contributed by atoms with van der Waals surface area (Å²) in [4.78, 5) is 36.9. The van der Waals surface area contributed by atoms with E-state index in [0.717, 1.165) is 6.42 Å². The molecule has 0 aliphatic rings. The van der Waals surface area contributed by atoms with E-state index in [2.05, 4.69) is 10.3 Å². The molecule has 1 aromatic carbocycles. The number of fused-ring (bicyclic) bond motifs is 1. The van der Waals surface area contributed by atoms with Crippen LogP contribution in [0.2, 0.25) is 0 Å². The van der Waals surface area contributed by atoms with E-state index in [1.54, 1.807) is 0 Å². The number of hydrogen-bond donors (Lipinski definition) is 3. The summed E-state index contributed by atoms with van der Waals surface area (Å²) < 4.78 is 1.28. The minimum atomic E-state index is -1.07. The smallest absolute Gasteiger partial charge is 0.335 e. The Balaban J connectivity index is 2.34. The molecule has 0 bridgehead atoms. The Morgan fingerprint density at radius 1 is 1.40 bits per heavy atom. The minimum Gasteiger partial charge on any atom is -0.478 e. The van der Waals surface area contributed by atoms with Crippen molar-refractivity contribution in [2.24, 2.45) is 0 Å². The molecule has 0 aliphatic heterocycles. The van der Waals surface area contributed by atoms with E-state index in [-0.39, 0.29) is 18.0 Å². The number of carbonyl (C=O) groups excluding carboxylic acids is 1. The third-order valence-corrected chi connectivity index (χ3v) is 2.89. The second-order valence-electron chi connectivity index (χ2n) is 4.40. The van der Waals surface area contributed by atoms with E-state index in [1.165, 1.54) is 22.8 Å². The molecular formula is C13H15N3O4. The van der Waals surface area contributed by atoms with Gasteiger partial charge >= 0.3 is 11.7 Å². The second-order valence-corrected chi connectivity index (χ2v) is 4.40. The number of carbonyl (C=O) groups is 2. The summed E-state index contributed by atoms with van der Waals surface area (Å²) in [5.74, 6) is -1.32. The van der Waals surface area contributed by atoms with Crippen molar-refractivity contribution in [3.05, 3.63) is 34.2 Å². The third-order valence-electron chi connectivity index (χ3n) is 2.89. The van der Waals surface area contributed by atoms with E-state index in [1.807, 2.05) is 6.92 Å². The van der Waals surface area contributed by atoms with Crippen LogP contribution in [0.3, 0.4) is 0 Å². The molecule has 2 rings (SSSR count). The second kappa shape index (κ2) is 5.60. The lowest BCUT2D eigenvalue weighted by atomic mass is 10.2. The molecule has 0 radical (unpaired) electrons. The fourth-order valence-electron chi connectivity index (χ4n) is 1.92. The van der Waals surface area contributed by atoms with E-state index in [4.69, 9.17) is 5.11 Å². The molecule has 1 amide bonds. The van der Waals surface area contributed by atoms with Gasteiger partial charge in [0.25, 0.3) is 0 Å². The number of aromatic amines is 1. The topological polar surface area (TPSA) is 104 Å². The molecule has 2 aromatic rings. The molecule has 20 heavy (non-hydrogen) atoms. The van der Waals surface area contributed by atoms with Gasteiger partial charge in [-0.3, -0.25) is 9.36 Å². The van der Waals surface area contributed by atoms with E-state index >= 15 is 0 Å². The first kappa shape index (κ1) is 13.9. The predicted octanol–water partition coefficient (Wildman–Crippen LogP) is 0.554. The van der Waals surface area contributed by atoms with Crippen LogP contribution in [0.25, 0.3) is 11.0 Å². The van der Waals surface area contributed by atoms with Gasteiger partial charge in [0.1, 0.15) is 6.54 Å². The first-order valence-corrected chi connectivity index (χ1v) is 6.25. The maximum atomic E-state index is 11.8. The van der Waals surface area contributed by atoms with Crippen molar-refractivity contribution in [1.29, 1.82) is 0 Å². The highest BCUT2D eigenvalue weighted by Crippen LogP contribution is 2.12. The van der Waals surface area contributed by atoms with Crippen LogP contribution in [0.4, 0.5) is 0 Å². The number of benzene rings is 1. The standard InChI is InChI=1S/C13H15N3O4/c1-2-5-14-11(17)7-16-10-4-3-8(12(18)19)6-9(10)15-13(16)20/h3-4,6H,2,5,7H2,1H3,(H,14,17)(H,15,20)(H,18,19). The number of hydrogen-bond acceptors (Lipinski definition) is 3. The van der Waals surface area contributed by atoms with Crippen molar-refractivity contribution in [2.75, 3.05) is 6.54 Å². The number of amides is 1. The molecule has 0 unspecified atom stereocenters. The quantitative estimate of drug-likeness (QED) is 0.742. The molecule has 1 aromatic heterocycles. The van der Waals surface area contributed by atoms with Gasteiger partial charge in [-0.1, -0.05) is 6.92 Å². The molecule has 106 valence electrons. The van der Waals surface area contributed by atoms with E-state index in [9.17, 15) is 14.4 Å². The Morgan fingerprint density at radius 2 is 2.15 bits per heavy atom. The minimum absolute atomic E-state index is 0.0846. The Morgan fingerprint density at radius 3 is 2.80 bits per heavy atom. The fourth-order valence-corrected chi connectivity index (χ4v) is 1.92. The van der Waals surface area contributed by atoms with Gasteiger partial charge in [0.15, 0.2) is 0 Å². The van der Waals surface area contributed by atoms with Crippen LogP contribution in [0.1, 0.15) is 23.7 Å². The lowest BCUT2D eigenvalue weighted by Crippen LogP contribution is -2.31. The molecule has 7 nitrogen and oxygen atoms in total. The highest BCUT2D eigenvalue weighted by molar-refractivity contribution is 5.92. The number of aromatic carboxylic acids is 1. The summed E-state index contributed by atoms with van der Waals surface area (Å²) in [5.41, 5.74) is 0.556. The number of imidazole rings is 1. The van der Waals surface area contributed by atoms with Crippen molar-refractivity contribution in [1.82, 2.24) is 14.9 Å². The maximum absolute atomic E-state index is 11.8. The SMILES string of the molecule is CCCNC(=O)Cn1c(=O)[nH]c2cc(C(=O)O)ccc21. The molecule has 0 spiro atoms. The first-order valence-electron chi connectivity index (χ1n) is 6.25. The van der Waals surface area contributed by atoms with Gasteiger partial charge in [0.2, 0.25) is 5.91 Å². The van der Waals surface area contributed by atoms with Gasteiger partial charge in [-0.25, -0.2) is 9.59 Å². The van der Waals surface area contributed by atoms with Gasteiger partial charge < -0.3 is 15.4 Å². The van der Waals surface area contributed by atoms with Crippen LogP contribution in [-0.4, -0.2) is 33.1 Å². The Bertz CT molecular complexity index is 714. The van der Waals surface area contributed by atoms with Gasteiger partial charge in [-0.15, -0.1) is 0 Å². The van der Waals surface area contributed by atoms with Crippen molar-refractivity contribution in [3.8, 4) is 0 Å². The maximum Gasteiger partial charge on any atom is 0.335 e. The lowest BCUT2D eigenvalue weighted by Gasteiger charge is -2.04. The summed E-state index contributed by atoms with van der Waals surface area (Å²) in [6.07, 6.45) is 0.816. The number of nitrogens with one attached hydrogen (secondary N) is 2. The summed E-state index contributed by atoms with van der Waals surface area (Å²) in [6.45, 7) is 2.40. The van der Waals surface area contributed by atoms with E-state index in [0.29, 0.717) is 17.6 Å². The number of aromatic nitrogens is 2. The largest absolute Gasteiger partial charge is 0.478 e. The van der Waals surface area contributed by atoms with Crippen LogP contribution in [0, 0.1) is 0 Å². The van der Waals surface area contributed by atoms with Crippen LogP contribution < -0.4 is 11.0 Å². The zero-order valence-electron chi connectivity index (χ0n) is 11.0. The molecule has 7 heteroatoms. The van der Waals surface area contributed by atoms with Crippen molar-refractivity contribution in [2.45, 2.75) is 19.9 Å². The Labute approximate surface area is 114 Å². The highest BCUT2D eigenvalue weighted by atomic mass is 16.4. The predicted molar refractivity (Wildman–Crippen MR) is 72.8 cm³/mol. The normalized spacial score (nSPS) is 10.7. The monoisotopic (exact) mass is 277 g/mol.